The summed E-state index contributed by atoms with van der Waals surface area (Å²) in [5.74, 6) is -1.19. The molecule has 11 heteroatoms. The van der Waals surface area contributed by atoms with Gasteiger partial charge in [-0.3, -0.25) is 14.3 Å². The van der Waals surface area contributed by atoms with Gasteiger partial charge < -0.3 is 9.84 Å². The van der Waals surface area contributed by atoms with E-state index in [1.54, 1.807) is 58.4 Å². The molecule has 0 fully saturated rings. The molecular formula is C24H22ClF2N5O3. The number of hydrogen-bond donors (Lipinski definition) is 1. The van der Waals surface area contributed by atoms with Gasteiger partial charge in [0.25, 0.3) is 5.56 Å². The third-order valence-electron chi connectivity index (χ3n) is 5.37. The monoisotopic (exact) mass is 501 g/mol. The summed E-state index contributed by atoms with van der Waals surface area (Å²) < 4.78 is 35.4. The van der Waals surface area contributed by atoms with Crippen molar-refractivity contribution in [1.29, 1.82) is 0 Å². The highest BCUT2D eigenvalue weighted by Crippen LogP contribution is 2.26. The van der Waals surface area contributed by atoms with Crippen LogP contribution in [0.4, 0.5) is 8.78 Å². The van der Waals surface area contributed by atoms with Crippen molar-refractivity contribution in [2.45, 2.75) is 39.9 Å². The van der Waals surface area contributed by atoms with Crippen LogP contribution in [0.2, 0.25) is 5.02 Å². The Morgan fingerprint density at radius 3 is 2.51 bits per heavy atom. The zero-order valence-corrected chi connectivity index (χ0v) is 20.1. The fourth-order valence-corrected chi connectivity index (χ4v) is 3.61. The molecular weight excluding hydrogens is 480 g/mol. The first-order valence-electron chi connectivity index (χ1n) is 10.6. The molecule has 8 nitrogen and oxygen atoms in total. The van der Waals surface area contributed by atoms with Gasteiger partial charge in [-0.1, -0.05) is 11.6 Å². The molecule has 182 valence electrons. The molecule has 0 amide bonds. The number of halogens is 3. The Kier molecular flexibility index (Phi) is 6.44. The largest absolute Gasteiger partial charge is 0.485 e. The van der Waals surface area contributed by atoms with E-state index in [-0.39, 0.29) is 23.1 Å². The van der Waals surface area contributed by atoms with Crippen molar-refractivity contribution >= 4 is 11.6 Å². The van der Waals surface area contributed by atoms with E-state index in [4.69, 9.17) is 16.3 Å². The van der Waals surface area contributed by atoms with Crippen LogP contribution in [0.15, 0.2) is 47.8 Å². The van der Waals surface area contributed by atoms with Crippen LogP contribution >= 0.6 is 11.6 Å². The maximum atomic E-state index is 13.9. The lowest BCUT2D eigenvalue weighted by atomic mass is 10.0. The summed E-state index contributed by atoms with van der Waals surface area (Å²) in [4.78, 5) is 21.3. The van der Waals surface area contributed by atoms with Gasteiger partial charge in [0.05, 0.1) is 23.7 Å². The second-order valence-electron chi connectivity index (χ2n) is 8.54. The van der Waals surface area contributed by atoms with Crippen LogP contribution in [0.25, 0.3) is 11.5 Å². The topological polar surface area (TPSA) is 95.1 Å². The van der Waals surface area contributed by atoms with Crippen molar-refractivity contribution in [1.82, 2.24) is 24.3 Å². The van der Waals surface area contributed by atoms with E-state index < -0.39 is 22.8 Å². The molecule has 0 unspecified atom stereocenters. The Morgan fingerprint density at radius 1 is 1.11 bits per heavy atom. The van der Waals surface area contributed by atoms with E-state index in [0.717, 1.165) is 6.20 Å². The first kappa shape index (κ1) is 24.5. The minimum Gasteiger partial charge on any atom is -0.485 e. The van der Waals surface area contributed by atoms with Crippen molar-refractivity contribution in [3.63, 3.8) is 0 Å². The van der Waals surface area contributed by atoms with Crippen LogP contribution < -0.4 is 10.3 Å². The Balaban J connectivity index is 1.70. The van der Waals surface area contributed by atoms with Gasteiger partial charge in [0.15, 0.2) is 11.6 Å². The van der Waals surface area contributed by atoms with Crippen molar-refractivity contribution in [2.24, 2.45) is 0 Å². The average molecular weight is 502 g/mol. The Morgan fingerprint density at radius 2 is 1.86 bits per heavy atom. The maximum absolute atomic E-state index is 13.9. The summed E-state index contributed by atoms with van der Waals surface area (Å²) in [5.41, 5.74) is 0.588. The number of pyridine rings is 3. The van der Waals surface area contributed by atoms with Crippen molar-refractivity contribution in [3.8, 4) is 17.3 Å². The lowest BCUT2D eigenvalue weighted by Crippen LogP contribution is -2.23. The fourth-order valence-electron chi connectivity index (χ4n) is 3.41. The third kappa shape index (κ3) is 4.94. The molecule has 0 spiro atoms. The summed E-state index contributed by atoms with van der Waals surface area (Å²) in [5, 5.41) is 14.3. The van der Waals surface area contributed by atoms with Crippen molar-refractivity contribution < 1.29 is 18.6 Å². The molecule has 0 aromatic carbocycles. The summed E-state index contributed by atoms with van der Waals surface area (Å²) in [6, 6.07) is 3.93. The standard InChI is InChI=1S/C24H22ClF2N5O3/c1-13-8-29-21(31-11-15(9-30-31)24(3,4)34)7-19(13)32-14(2)5-20(22(25)23(32)33)35-12-18-17(27)6-16(26)10-28-18/h5-11,34H,12H2,1-4H3. The highest BCUT2D eigenvalue weighted by molar-refractivity contribution is 6.31. The summed E-state index contributed by atoms with van der Waals surface area (Å²) >= 11 is 6.32. The van der Waals surface area contributed by atoms with E-state index in [2.05, 4.69) is 15.1 Å². The number of rotatable bonds is 6. The molecule has 0 aliphatic carbocycles. The van der Waals surface area contributed by atoms with Gasteiger partial charge in [0, 0.05) is 41.9 Å². The molecule has 1 N–H and O–H groups in total. The summed E-state index contributed by atoms with van der Waals surface area (Å²) in [7, 11) is 0. The summed E-state index contributed by atoms with van der Waals surface area (Å²) in [6.07, 6.45) is 5.67. The van der Waals surface area contributed by atoms with Crippen LogP contribution in [0, 0.1) is 25.5 Å². The van der Waals surface area contributed by atoms with Gasteiger partial charge in [0.2, 0.25) is 0 Å². The highest BCUT2D eigenvalue weighted by Gasteiger charge is 2.20. The molecule has 4 heterocycles. The SMILES string of the molecule is Cc1cnc(-n2cc(C(C)(C)O)cn2)cc1-n1c(C)cc(OCc2ncc(F)cc2F)c(Cl)c1=O. The first-order chi connectivity index (χ1) is 16.5. The summed E-state index contributed by atoms with van der Waals surface area (Å²) in [6.45, 7) is 6.45. The van der Waals surface area contributed by atoms with E-state index >= 15 is 0 Å². The van der Waals surface area contributed by atoms with Crippen LogP contribution in [-0.2, 0) is 12.2 Å². The molecule has 4 aromatic rings. The van der Waals surface area contributed by atoms with Crippen LogP contribution in [0.1, 0.15) is 36.4 Å². The number of aliphatic hydroxyl groups is 1. The van der Waals surface area contributed by atoms with E-state index in [9.17, 15) is 18.7 Å². The zero-order valence-electron chi connectivity index (χ0n) is 19.4. The number of nitrogens with zero attached hydrogens (tertiary/aromatic N) is 5. The molecule has 0 radical (unpaired) electrons. The van der Waals surface area contributed by atoms with Crippen molar-refractivity contribution in [3.05, 3.63) is 92.5 Å². The lowest BCUT2D eigenvalue weighted by molar-refractivity contribution is 0.0786. The number of aryl methyl sites for hydroxylation is 2. The van der Waals surface area contributed by atoms with E-state index in [1.807, 2.05) is 0 Å². The van der Waals surface area contributed by atoms with Crippen molar-refractivity contribution in [2.75, 3.05) is 0 Å². The predicted molar refractivity (Wildman–Crippen MR) is 125 cm³/mol. The fraction of sp³-hybridized carbons (Fsp3) is 0.250. The van der Waals surface area contributed by atoms with E-state index in [0.29, 0.717) is 34.4 Å². The maximum Gasteiger partial charge on any atom is 0.277 e. The Labute approximate surface area is 204 Å². The lowest BCUT2D eigenvalue weighted by Gasteiger charge is -2.17. The molecule has 0 aliphatic heterocycles. The Bertz CT molecular complexity index is 1480. The van der Waals surface area contributed by atoms with Gasteiger partial charge in [-0.05, 0) is 33.3 Å². The second kappa shape index (κ2) is 9.20. The van der Waals surface area contributed by atoms with Gasteiger partial charge in [-0.15, -0.1) is 0 Å². The molecule has 4 rings (SSSR count). The Hall–Kier alpha value is -3.63. The predicted octanol–water partition coefficient (Wildman–Crippen LogP) is 4.17. The molecule has 35 heavy (non-hydrogen) atoms. The average Bonchev–Trinajstić information content (AvgIpc) is 3.28. The number of ether oxygens (including phenoxy) is 1. The van der Waals surface area contributed by atoms with Gasteiger partial charge in [0.1, 0.15) is 28.9 Å². The van der Waals surface area contributed by atoms with Gasteiger partial charge >= 0.3 is 0 Å². The minimum absolute atomic E-state index is 0.0461. The van der Waals surface area contributed by atoms with Gasteiger partial charge in [-0.2, -0.15) is 5.10 Å². The highest BCUT2D eigenvalue weighted by atomic mass is 35.5. The molecule has 0 saturated carbocycles. The first-order valence-corrected chi connectivity index (χ1v) is 10.9. The smallest absolute Gasteiger partial charge is 0.277 e. The van der Waals surface area contributed by atoms with Crippen LogP contribution in [0.5, 0.6) is 5.75 Å². The van der Waals surface area contributed by atoms with E-state index in [1.165, 1.54) is 9.25 Å². The number of hydrogen-bond acceptors (Lipinski definition) is 6. The molecule has 0 bridgehead atoms. The zero-order chi connectivity index (χ0) is 25.5. The van der Waals surface area contributed by atoms with Crippen LogP contribution in [0.3, 0.4) is 0 Å². The minimum atomic E-state index is -1.07. The number of aromatic nitrogens is 5. The molecule has 0 atom stereocenters. The van der Waals surface area contributed by atoms with Gasteiger partial charge in [-0.25, -0.2) is 18.4 Å². The molecule has 4 aromatic heterocycles. The normalized spacial score (nSPS) is 11.7. The second-order valence-corrected chi connectivity index (χ2v) is 8.91. The quantitative estimate of drug-likeness (QED) is 0.426. The van der Waals surface area contributed by atoms with Crippen LogP contribution in [-0.4, -0.2) is 29.4 Å². The third-order valence-corrected chi connectivity index (χ3v) is 5.72. The molecule has 0 aliphatic rings. The molecule has 0 saturated heterocycles.